The molecule has 0 aromatic heterocycles. The lowest BCUT2D eigenvalue weighted by atomic mass is 9.72. The minimum Gasteiger partial charge on any atom is -0.314 e. The molecule has 5 heteroatoms. The van der Waals surface area contributed by atoms with Gasteiger partial charge in [0.15, 0.2) is 0 Å². The van der Waals surface area contributed by atoms with Crippen LogP contribution in [0.15, 0.2) is 54.6 Å². The van der Waals surface area contributed by atoms with E-state index in [-0.39, 0.29) is 0 Å². The van der Waals surface area contributed by atoms with Crippen LogP contribution in [0.2, 0.25) is 0 Å². The van der Waals surface area contributed by atoms with E-state index in [4.69, 9.17) is 0 Å². The lowest BCUT2D eigenvalue weighted by Crippen LogP contribution is -2.43. The smallest absolute Gasteiger partial charge is 0.314 e. The van der Waals surface area contributed by atoms with Gasteiger partial charge in [0, 0.05) is 12.7 Å². The molecule has 0 saturated heterocycles. The van der Waals surface area contributed by atoms with Crippen LogP contribution in [0.1, 0.15) is 17.5 Å². The number of fused-ring (bicyclic) bond motifs is 1. The third kappa shape index (κ3) is 2.08. The van der Waals surface area contributed by atoms with Gasteiger partial charge in [-0.15, -0.1) is 0 Å². The van der Waals surface area contributed by atoms with E-state index in [0.717, 1.165) is 0 Å². The second-order valence-corrected chi connectivity index (χ2v) is 5.44. The van der Waals surface area contributed by atoms with Crippen LogP contribution in [0.25, 0.3) is 0 Å². The number of hydrogen-bond acceptors (Lipinski definition) is 1. The van der Waals surface area contributed by atoms with E-state index < -0.39 is 23.9 Å². The molecular weight excluding hydrogens is 291 g/mol. The topological polar surface area (TPSA) is 20.3 Å². The molecule has 1 atom stereocenters. The molecule has 1 aliphatic rings. The lowest BCUT2D eigenvalue weighted by Gasteiger charge is -2.30. The summed E-state index contributed by atoms with van der Waals surface area (Å²) in [5.74, 6) is -0.544. The molecule has 1 heterocycles. The Morgan fingerprint density at radius 1 is 1.00 bits per heavy atom. The Labute approximate surface area is 126 Å². The van der Waals surface area contributed by atoms with Gasteiger partial charge >= 0.3 is 6.18 Å². The molecule has 0 radical (unpaired) electrons. The first-order chi connectivity index (χ1) is 10.4. The number of carbonyl (C=O) groups excluding carboxylic acids is 1. The SMILES string of the molecule is CN1C(=O)C(CC(F)(F)F)(c2ccccc2)c2ccccc21. The molecule has 0 N–H and O–H groups in total. The molecule has 0 saturated carbocycles. The van der Waals surface area contributed by atoms with E-state index >= 15 is 0 Å². The van der Waals surface area contributed by atoms with E-state index in [9.17, 15) is 18.0 Å². The standard InChI is InChI=1S/C17H14F3NO/c1-21-14-10-6-5-9-13(14)16(15(21)22,11-17(18,19)20)12-7-3-2-4-8-12/h2-10H,11H2,1H3. The van der Waals surface area contributed by atoms with Crippen LogP contribution in [0.5, 0.6) is 0 Å². The van der Waals surface area contributed by atoms with Crippen molar-refractivity contribution in [3.05, 3.63) is 65.7 Å². The number of nitrogens with zero attached hydrogens (tertiary/aromatic N) is 1. The zero-order valence-corrected chi connectivity index (χ0v) is 11.9. The van der Waals surface area contributed by atoms with Crippen molar-refractivity contribution in [3.8, 4) is 0 Å². The molecule has 1 amide bonds. The molecule has 3 rings (SSSR count). The summed E-state index contributed by atoms with van der Waals surface area (Å²) in [6.07, 6.45) is -5.66. The predicted octanol–water partition coefficient (Wildman–Crippen LogP) is 3.90. The Balaban J connectivity index is 2.30. The van der Waals surface area contributed by atoms with Crippen LogP contribution < -0.4 is 4.90 Å². The molecule has 0 spiro atoms. The zero-order chi connectivity index (χ0) is 16.0. The average molecular weight is 305 g/mol. The maximum absolute atomic E-state index is 13.3. The van der Waals surface area contributed by atoms with Crippen molar-refractivity contribution in [2.24, 2.45) is 0 Å². The van der Waals surface area contributed by atoms with Crippen LogP contribution in [-0.2, 0) is 10.2 Å². The zero-order valence-electron chi connectivity index (χ0n) is 11.9. The van der Waals surface area contributed by atoms with Crippen LogP contribution in [-0.4, -0.2) is 19.1 Å². The Hall–Kier alpha value is -2.30. The molecular formula is C17H14F3NO. The molecule has 0 aliphatic carbocycles. The van der Waals surface area contributed by atoms with Crippen LogP contribution in [0.3, 0.4) is 0 Å². The summed E-state index contributed by atoms with van der Waals surface area (Å²) in [7, 11) is 1.52. The van der Waals surface area contributed by atoms with Crippen molar-refractivity contribution in [2.45, 2.75) is 18.0 Å². The summed E-state index contributed by atoms with van der Waals surface area (Å²) in [4.78, 5) is 14.1. The number of alkyl halides is 3. The first kappa shape index (κ1) is 14.6. The number of anilines is 1. The maximum atomic E-state index is 13.3. The fourth-order valence-electron chi connectivity index (χ4n) is 3.21. The Morgan fingerprint density at radius 3 is 2.23 bits per heavy atom. The second kappa shape index (κ2) is 4.87. The van der Waals surface area contributed by atoms with Gasteiger partial charge in [-0.25, -0.2) is 0 Å². The summed E-state index contributed by atoms with van der Waals surface area (Å²) < 4.78 is 39.8. The summed E-state index contributed by atoms with van der Waals surface area (Å²) in [5.41, 5.74) is -0.397. The number of benzene rings is 2. The van der Waals surface area contributed by atoms with Gasteiger partial charge in [0.25, 0.3) is 0 Å². The summed E-state index contributed by atoms with van der Waals surface area (Å²) in [6.45, 7) is 0. The highest BCUT2D eigenvalue weighted by Crippen LogP contribution is 2.50. The van der Waals surface area contributed by atoms with Crippen LogP contribution >= 0.6 is 0 Å². The number of rotatable bonds is 2. The normalized spacial score (nSPS) is 21.1. The quantitative estimate of drug-likeness (QED) is 0.824. The van der Waals surface area contributed by atoms with Crippen molar-refractivity contribution >= 4 is 11.6 Å². The summed E-state index contributed by atoms with van der Waals surface area (Å²) in [6, 6.07) is 14.9. The highest BCUT2D eigenvalue weighted by molar-refractivity contribution is 6.10. The molecule has 114 valence electrons. The largest absolute Gasteiger partial charge is 0.390 e. The fraction of sp³-hybridized carbons (Fsp3) is 0.235. The van der Waals surface area contributed by atoms with Crippen molar-refractivity contribution in [3.63, 3.8) is 0 Å². The van der Waals surface area contributed by atoms with Crippen molar-refractivity contribution in [1.29, 1.82) is 0 Å². The number of para-hydroxylation sites is 1. The monoisotopic (exact) mass is 305 g/mol. The van der Waals surface area contributed by atoms with E-state index in [2.05, 4.69) is 0 Å². The van der Waals surface area contributed by atoms with Gasteiger partial charge in [-0.3, -0.25) is 4.79 Å². The van der Waals surface area contributed by atoms with Crippen molar-refractivity contribution in [2.75, 3.05) is 11.9 Å². The Kier molecular flexibility index (Phi) is 3.24. The maximum Gasteiger partial charge on any atom is 0.390 e. The molecule has 2 aromatic carbocycles. The minimum atomic E-state index is -4.45. The fourth-order valence-corrected chi connectivity index (χ4v) is 3.21. The minimum absolute atomic E-state index is 0.370. The van der Waals surface area contributed by atoms with E-state index in [0.29, 0.717) is 16.8 Å². The van der Waals surface area contributed by atoms with Gasteiger partial charge < -0.3 is 4.90 Å². The summed E-state index contributed by atoms with van der Waals surface area (Å²) in [5, 5.41) is 0. The number of likely N-dealkylation sites (N-methyl/N-ethyl adjacent to an activating group) is 1. The number of carbonyl (C=O) groups is 1. The lowest BCUT2D eigenvalue weighted by molar-refractivity contribution is -0.153. The first-order valence-corrected chi connectivity index (χ1v) is 6.86. The predicted molar refractivity (Wildman–Crippen MR) is 77.7 cm³/mol. The highest BCUT2D eigenvalue weighted by Gasteiger charge is 2.56. The number of amides is 1. The first-order valence-electron chi connectivity index (χ1n) is 6.86. The van der Waals surface area contributed by atoms with Gasteiger partial charge in [-0.05, 0) is 17.2 Å². The molecule has 1 unspecified atom stereocenters. The van der Waals surface area contributed by atoms with Gasteiger partial charge in [-0.2, -0.15) is 13.2 Å². The van der Waals surface area contributed by atoms with Gasteiger partial charge in [0.2, 0.25) is 5.91 Å². The number of hydrogen-bond donors (Lipinski definition) is 0. The molecule has 1 aliphatic heterocycles. The number of halogens is 3. The van der Waals surface area contributed by atoms with Gasteiger partial charge in [-0.1, -0.05) is 48.5 Å². The molecule has 2 aromatic rings. The van der Waals surface area contributed by atoms with Crippen molar-refractivity contribution in [1.82, 2.24) is 0 Å². The molecule has 0 fully saturated rings. The van der Waals surface area contributed by atoms with E-state index in [1.165, 1.54) is 11.9 Å². The van der Waals surface area contributed by atoms with Gasteiger partial charge in [0.1, 0.15) is 5.41 Å². The third-order valence-electron chi connectivity index (χ3n) is 4.13. The van der Waals surface area contributed by atoms with Crippen molar-refractivity contribution < 1.29 is 18.0 Å². The van der Waals surface area contributed by atoms with Crippen LogP contribution in [0.4, 0.5) is 18.9 Å². The summed E-state index contributed by atoms with van der Waals surface area (Å²) >= 11 is 0. The molecule has 2 nitrogen and oxygen atoms in total. The Bertz CT molecular complexity index is 711. The Morgan fingerprint density at radius 2 is 1.59 bits per heavy atom. The van der Waals surface area contributed by atoms with Crippen LogP contribution in [0, 0.1) is 0 Å². The van der Waals surface area contributed by atoms with Gasteiger partial charge in [0.05, 0.1) is 6.42 Å². The van der Waals surface area contributed by atoms with E-state index in [1.54, 1.807) is 54.6 Å². The molecule has 0 bridgehead atoms. The average Bonchev–Trinajstić information content (AvgIpc) is 2.70. The van der Waals surface area contributed by atoms with E-state index in [1.807, 2.05) is 0 Å². The third-order valence-corrected chi connectivity index (χ3v) is 4.13. The molecule has 22 heavy (non-hydrogen) atoms. The second-order valence-electron chi connectivity index (χ2n) is 5.44. The highest BCUT2D eigenvalue weighted by atomic mass is 19.4.